The number of hydrogen-bond donors (Lipinski definition) is 0. The molecule has 0 fully saturated rings. The summed E-state index contributed by atoms with van der Waals surface area (Å²) in [5, 5.41) is 0. The van der Waals surface area contributed by atoms with Gasteiger partial charge >= 0.3 is 0 Å². The molecule has 0 saturated carbocycles. The highest BCUT2D eigenvalue weighted by Crippen LogP contribution is 2.40. The molecule has 0 saturated heterocycles. The van der Waals surface area contributed by atoms with Crippen molar-refractivity contribution in [2.45, 2.75) is 32.1 Å². The summed E-state index contributed by atoms with van der Waals surface area (Å²) in [6.07, 6.45) is 2.80. The fraction of sp³-hybridized carbons (Fsp3) is 0.143. The highest BCUT2D eigenvalue weighted by atomic mass is 35.5. The summed E-state index contributed by atoms with van der Waals surface area (Å²) in [4.78, 5) is 14.1. The standard InChI is InChI=1S/C35H30NO.ClH/c1-25-20-22-28(23-21-25)35(37)31-19-11-18-30-32(26-12-5-2-6-13-26)24-33(27-14-7-3-8-15-27)36(34(30)31)29-16-9-4-10-17-29;/h2-10,12-17,20-24,31H,11,18-19H2,1H3;1H/q+1;/p-1. The van der Waals surface area contributed by atoms with Crippen LogP contribution in [0, 0.1) is 6.92 Å². The van der Waals surface area contributed by atoms with Gasteiger partial charge in [0, 0.05) is 34.9 Å². The van der Waals surface area contributed by atoms with Crippen LogP contribution in [-0.4, -0.2) is 5.78 Å². The van der Waals surface area contributed by atoms with Crippen molar-refractivity contribution in [3.63, 3.8) is 0 Å². The third-order valence-corrected chi connectivity index (χ3v) is 7.47. The molecular weight excluding hydrogens is 486 g/mol. The Bertz CT molecular complexity index is 1550. The molecule has 0 aliphatic heterocycles. The summed E-state index contributed by atoms with van der Waals surface area (Å²) in [5.41, 5.74) is 10.1. The van der Waals surface area contributed by atoms with E-state index in [-0.39, 0.29) is 24.1 Å². The number of halogens is 1. The minimum absolute atomic E-state index is 0. The minimum Gasteiger partial charge on any atom is -1.00 e. The molecule has 5 aromatic rings. The van der Waals surface area contributed by atoms with E-state index in [0.717, 1.165) is 53.0 Å². The summed E-state index contributed by atoms with van der Waals surface area (Å²) >= 11 is 0. The molecule has 0 bridgehead atoms. The lowest BCUT2D eigenvalue weighted by atomic mass is 9.78. The second-order valence-corrected chi connectivity index (χ2v) is 9.89. The molecule has 1 aliphatic carbocycles. The van der Waals surface area contributed by atoms with Gasteiger partial charge in [0.2, 0.25) is 17.1 Å². The van der Waals surface area contributed by atoms with Gasteiger partial charge in [-0.05, 0) is 49.4 Å². The Kier molecular flexibility index (Phi) is 7.53. The Morgan fingerprint density at radius 1 is 0.737 bits per heavy atom. The number of hydrogen-bond acceptors (Lipinski definition) is 1. The van der Waals surface area contributed by atoms with Crippen LogP contribution in [0.15, 0.2) is 121 Å². The van der Waals surface area contributed by atoms with Crippen molar-refractivity contribution in [3.05, 3.63) is 144 Å². The van der Waals surface area contributed by atoms with Crippen molar-refractivity contribution >= 4 is 5.78 Å². The number of para-hydroxylation sites is 1. The van der Waals surface area contributed by atoms with E-state index in [1.807, 2.05) is 30.3 Å². The van der Waals surface area contributed by atoms with Crippen LogP contribution in [0.4, 0.5) is 0 Å². The van der Waals surface area contributed by atoms with Gasteiger partial charge < -0.3 is 12.4 Å². The lowest BCUT2D eigenvalue weighted by Gasteiger charge is -2.26. The zero-order valence-corrected chi connectivity index (χ0v) is 22.2. The molecule has 2 nitrogen and oxygen atoms in total. The van der Waals surface area contributed by atoms with Gasteiger partial charge in [0.25, 0.3) is 0 Å². The number of Topliss-reactive ketones (excluding diaryl/α,β-unsaturated/α-hetero) is 1. The van der Waals surface area contributed by atoms with E-state index in [0.29, 0.717) is 0 Å². The van der Waals surface area contributed by atoms with E-state index >= 15 is 0 Å². The predicted molar refractivity (Wildman–Crippen MR) is 150 cm³/mol. The van der Waals surface area contributed by atoms with Crippen LogP contribution in [0.5, 0.6) is 0 Å². The molecule has 1 aliphatic rings. The fourth-order valence-electron chi connectivity index (χ4n) is 5.67. The van der Waals surface area contributed by atoms with Crippen molar-refractivity contribution in [2.24, 2.45) is 0 Å². The van der Waals surface area contributed by atoms with Crippen molar-refractivity contribution in [2.75, 3.05) is 0 Å². The van der Waals surface area contributed by atoms with E-state index < -0.39 is 0 Å². The van der Waals surface area contributed by atoms with Gasteiger partial charge in [-0.3, -0.25) is 4.79 Å². The van der Waals surface area contributed by atoms with Crippen LogP contribution < -0.4 is 17.0 Å². The third kappa shape index (κ3) is 4.80. The lowest BCUT2D eigenvalue weighted by molar-refractivity contribution is -0.594. The molecule has 188 valence electrons. The molecule has 4 aromatic carbocycles. The fourth-order valence-corrected chi connectivity index (χ4v) is 5.67. The van der Waals surface area contributed by atoms with Gasteiger partial charge in [-0.1, -0.05) is 96.6 Å². The van der Waals surface area contributed by atoms with Crippen molar-refractivity contribution in [3.8, 4) is 28.1 Å². The molecule has 1 atom stereocenters. The van der Waals surface area contributed by atoms with Crippen molar-refractivity contribution in [1.29, 1.82) is 0 Å². The molecule has 1 heterocycles. The highest BCUT2D eigenvalue weighted by molar-refractivity contribution is 6.01. The van der Waals surface area contributed by atoms with Gasteiger partial charge in [-0.15, -0.1) is 0 Å². The van der Waals surface area contributed by atoms with Crippen LogP contribution in [0.1, 0.15) is 45.9 Å². The number of nitrogens with zero attached hydrogens (tertiary/aromatic N) is 1. The maximum absolute atomic E-state index is 14.1. The number of pyridine rings is 1. The molecule has 38 heavy (non-hydrogen) atoms. The molecular formula is C35H30ClNO. The normalized spacial score (nSPS) is 14.3. The maximum Gasteiger partial charge on any atom is 0.219 e. The molecule has 0 amide bonds. The van der Waals surface area contributed by atoms with E-state index in [4.69, 9.17) is 0 Å². The van der Waals surface area contributed by atoms with E-state index in [1.54, 1.807) is 0 Å². The number of aromatic nitrogens is 1. The Morgan fingerprint density at radius 2 is 1.32 bits per heavy atom. The van der Waals surface area contributed by atoms with Gasteiger partial charge in [-0.2, -0.15) is 4.57 Å². The average molecular weight is 516 g/mol. The zero-order valence-electron chi connectivity index (χ0n) is 21.5. The van der Waals surface area contributed by atoms with Crippen molar-refractivity contribution < 1.29 is 21.8 Å². The van der Waals surface area contributed by atoms with E-state index in [2.05, 4.69) is 102 Å². The third-order valence-electron chi connectivity index (χ3n) is 7.47. The predicted octanol–water partition coefficient (Wildman–Crippen LogP) is 4.91. The molecule has 0 spiro atoms. The first-order chi connectivity index (χ1) is 18.2. The van der Waals surface area contributed by atoms with Crippen LogP contribution in [-0.2, 0) is 6.42 Å². The topological polar surface area (TPSA) is 20.9 Å². The number of carbonyl (C=O) groups is 1. The largest absolute Gasteiger partial charge is 1.00 e. The Labute approximate surface area is 231 Å². The number of carbonyl (C=O) groups excluding carboxylic acids is 1. The first-order valence-electron chi connectivity index (χ1n) is 13.1. The molecule has 0 radical (unpaired) electrons. The second-order valence-electron chi connectivity index (χ2n) is 9.89. The number of fused-ring (bicyclic) bond motifs is 1. The van der Waals surface area contributed by atoms with Gasteiger partial charge in [0.15, 0.2) is 5.78 Å². The Balaban J connectivity index is 0.00000294. The lowest BCUT2D eigenvalue weighted by Crippen LogP contribution is -3.00. The number of aryl methyl sites for hydroxylation is 1. The highest BCUT2D eigenvalue weighted by Gasteiger charge is 2.39. The molecule has 0 N–H and O–H groups in total. The van der Waals surface area contributed by atoms with Crippen molar-refractivity contribution in [1.82, 2.24) is 0 Å². The minimum atomic E-state index is -0.210. The van der Waals surface area contributed by atoms with Gasteiger partial charge in [-0.25, -0.2) is 0 Å². The summed E-state index contributed by atoms with van der Waals surface area (Å²) in [6, 6.07) is 42.0. The first-order valence-corrected chi connectivity index (χ1v) is 13.1. The number of rotatable bonds is 5. The van der Waals surface area contributed by atoms with Crippen LogP contribution in [0.2, 0.25) is 0 Å². The molecule has 1 aromatic heterocycles. The number of ketones is 1. The van der Waals surface area contributed by atoms with E-state index in [1.165, 1.54) is 16.7 Å². The molecule has 6 rings (SSSR count). The molecule has 1 unspecified atom stereocenters. The van der Waals surface area contributed by atoms with Gasteiger partial charge in [0.1, 0.15) is 5.92 Å². The van der Waals surface area contributed by atoms with Crippen LogP contribution >= 0.6 is 0 Å². The summed E-state index contributed by atoms with van der Waals surface area (Å²) in [5.74, 6) is -0.00681. The van der Waals surface area contributed by atoms with Crippen LogP contribution in [0.25, 0.3) is 28.1 Å². The zero-order chi connectivity index (χ0) is 25.2. The summed E-state index contributed by atoms with van der Waals surface area (Å²) in [7, 11) is 0. The monoisotopic (exact) mass is 515 g/mol. The summed E-state index contributed by atoms with van der Waals surface area (Å²) < 4.78 is 2.35. The SMILES string of the molecule is Cc1ccc(C(=O)C2CCCc3c(-c4ccccc4)cc(-c4ccccc4)[n+](-c4ccccc4)c32)cc1.[Cl-]. The quantitative estimate of drug-likeness (QED) is 0.240. The smallest absolute Gasteiger partial charge is 0.219 e. The first kappa shape index (κ1) is 25.6. The average Bonchev–Trinajstić information content (AvgIpc) is 2.97. The van der Waals surface area contributed by atoms with E-state index in [9.17, 15) is 4.79 Å². The van der Waals surface area contributed by atoms with Gasteiger partial charge in [0.05, 0.1) is 0 Å². The maximum atomic E-state index is 14.1. The summed E-state index contributed by atoms with van der Waals surface area (Å²) in [6.45, 7) is 2.06. The second kappa shape index (κ2) is 11.2. The Hall–Kier alpha value is -4.01. The Morgan fingerprint density at radius 3 is 1.95 bits per heavy atom. The molecule has 3 heteroatoms. The van der Waals surface area contributed by atoms with Crippen LogP contribution in [0.3, 0.4) is 0 Å². The number of benzene rings is 4.